The van der Waals surface area contributed by atoms with Crippen molar-refractivity contribution in [3.05, 3.63) is 35.8 Å². The molecule has 0 spiro atoms. The highest BCUT2D eigenvalue weighted by Gasteiger charge is 2.47. The van der Waals surface area contributed by atoms with Gasteiger partial charge in [-0.2, -0.15) is 0 Å². The van der Waals surface area contributed by atoms with E-state index in [4.69, 9.17) is 4.74 Å². The molecule has 0 aliphatic heterocycles. The molecule has 0 saturated heterocycles. The van der Waals surface area contributed by atoms with Crippen LogP contribution in [0.25, 0.3) is 5.65 Å². The van der Waals surface area contributed by atoms with Gasteiger partial charge in [0.2, 0.25) is 0 Å². The summed E-state index contributed by atoms with van der Waals surface area (Å²) in [6.45, 7) is 4.54. The van der Waals surface area contributed by atoms with E-state index in [0.29, 0.717) is 12.5 Å². The zero-order chi connectivity index (χ0) is 15.0. The molecule has 2 aromatic rings. The second kappa shape index (κ2) is 5.15. The molecule has 3 rings (SSSR count). The highest BCUT2D eigenvalue weighted by atomic mass is 16.5. The third-order valence-electron chi connectivity index (χ3n) is 4.29. The number of carbonyl (C=O) groups is 1. The van der Waals surface area contributed by atoms with Crippen molar-refractivity contribution in [2.45, 2.75) is 38.8 Å². The molecule has 5 nitrogen and oxygen atoms in total. The number of nitrogens with one attached hydrogen (secondary N) is 1. The fourth-order valence-corrected chi connectivity index (χ4v) is 2.77. The molecular weight excluding hydrogens is 266 g/mol. The molecule has 5 heteroatoms. The van der Waals surface area contributed by atoms with Gasteiger partial charge in [0, 0.05) is 18.9 Å². The van der Waals surface area contributed by atoms with Gasteiger partial charge in [-0.25, -0.2) is 4.98 Å². The number of carbonyl (C=O) groups excluding carboxylic acids is 1. The van der Waals surface area contributed by atoms with Crippen LogP contribution in [-0.2, 0) is 16.1 Å². The average molecular weight is 287 g/mol. The van der Waals surface area contributed by atoms with Crippen LogP contribution in [0.5, 0.6) is 0 Å². The summed E-state index contributed by atoms with van der Waals surface area (Å²) in [4.78, 5) is 16.6. The maximum absolute atomic E-state index is 12.0. The highest BCUT2D eigenvalue weighted by Crippen LogP contribution is 2.40. The van der Waals surface area contributed by atoms with Gasteiger partial charge in [0.15, 0.2) is 0 Å². The minimum absolute atomic E-state index is 0.190. The first-order chi connectivity index (χ1) is 10.0. The predicted octanol–water partition coefficient (Wildman–Crippen LogP) is 2.07. The van der Waals surface area contributed by atoms with E-state index in [-0.39, 0.29) is 5.97 Å². The molecule has 1 N–H and O–H groups in total. The first kappa shape index (κ1) is 14.1. The number of hydrogen-bond acceptors (Lipinski definition) is 4. The summed E-state index contributed by atoms with van der Waals surface area (Å²) < 4.78 is 6.97. The first-order valence-electron chi connectivity index (χ1n) is 7.30. The molecule has 2 heterocycles. The summed E-state index contributed by atoms with van der Waals surface area (Å²) in [5.41, 5.74) is 2.43. The zero-order valence-corrected chi connectivity index (χ0v) is 12.7. The largest absolute Gasteiger partial charge is 0.468 e. The van der Waals surface area contributed by atoms with Gasteiger partial charge in [-0.05, 0) is 44.2 Å². The normalized spacial score (nSPS) is 17.7. The van der Waals surface area contributed by atoms with Crippen LogP contribution in [0.3, 0.4) is 0 Å². The van der Waals surface area contributed by atoms with Gasteiger partial charge in [-0.3, -0.25) is 10.1 Å². The predicted molar refractivity (Wildman–Crippen MR) is 79.9 cm³/mol. The number of hydrogen-bond donors (Lipinski definition) is 1. The molecule has 0 unspecified atom stereocenters. The van der Waals surface area contributed by atoms with Crippen LogP contribution in [0.1, 0.15) is 31.0 Å². The number of aryl methyl sites for hydroxylation is 1. The molecule has 1 saturated carbocycles. The molecule has 21 heavy (non-hydrogen) atoms. The van der Waals surface area contributed by atoms with Crippen LogP contribution < -0.4 is 5.32 Å². The van der Waals surface area contributed by atoms with Gasteiger partial charge in [0.1, 0.15) is 11.2 Å². The molecule has 0 bridgehead atoms. The van der Waals surface area contributed by atoms with E-state index < -0.39 is 5.54 Å². The Bertz CT molecular complexity index is 675. The van der Waals surface area contributed by atoms with Crippen molar-refractivity contribution in [2.75, 3.05) is 7.11 Å². The minimum atomic E-state index is -0.611. The summed E-state index contributed by atoms with van der Waals surface area (Å²) >= 11 is 0. The smallest absolute Gasteiger partial charge is 0.326 e. The van der Waals surface area contributed by atoms with E-state index in [9.17, 15) is 4.79 Å². The van der Waals surface area contributed by atoms with Crippen molar-refractivity contribution in [1.29, 1.82) is 0 Å². The monoisotopic (exact) mass is 287 g/mol. The Labute approximate surface area is 124 Å². The number of methoxy groups -OCH3 is 1. The molecule has 1 fully saturated rings. The molecule has 0 radical (unpaired) electrons. The maximum Gasteiger partial charge on any atom is 0.326 e. The quantitative estimate of drug-likeness (QED) is 0.855. The van der Waals surface area contributed by atoms with Gasteiger partial charge in [0.25, 0.3) is 0 Å². The lowest BCUT2D eigenvalue weighted by atomic mass is 9.96. The molecule has 1 aliphatic carbocycles. The summed E-state index contributed by atoms with van der Waals surface area (Å²) in [6, 6.07) is 4.04. The van der Waals surface area contributed by atoms with Crippen molar-refractivity contribution in [3.63, 3.8) is 0 Å². The van der Waals surface area contributed by atoms with Crippen LogP contribution in [0.15, 0.2) is 24.5 Å². The van der Waals surface area contributed by atoms with E-state index >= 15 is 0 Å². The van der Waals surface area contributed by atoms with Gasteiger partial charge in [-0.1, -0.05) is 6.07 Å². The van der Waals surface area contributed by atoms with Crippen molar-refractivity contribution < 1.29 is 9.53 Å². The summed E-state index contributed by atoms with van der Waals surface area (Å²) in [5, 5.41) is 3.35. The second-order valence-corrected chi connectivity index (χ2v) is 6.03. The Morgan fingerprint density at radius 3 is 2.90 bits per heavy atom. The van der Waals surface area contributed by atoms with Crippen LogP contribution in [0.4, 0.5) is 0 Å². The maximum atomic E-state index is 12.0. The highest BCUT2D eigenvalue weighted by molar-refractivity contribution is 5.81. The zero-order valence-electron chi connectivity index (χ0n) is 12.7. The summed E-state index contributed by atoms with van der Waals surface area (Å²) in [7, 11) is 1.44. The molecular formula is C16H21N3O2. The third-order valence-corrected chi connectivity index (χ3v) is 4.29. The lowest BCUT2D eigenvalue weighted by Crippen LogP contribution is -2.51. The Balaban J connectivity index is 1.77. The third kappa shape index (κ3) is 2.65. The van der Waals surface area contributed by atoms with E-state index in [1.54, 1.807) is 0 Å². The minimum Gasteiger partial charge on any atom is -0.468 e. The fourth-order valence-electron chi connectivity index (χ4n) is 2.77. The lowest BCUT2D eigenvalue weighted by Gasteiger charge is -2.27. The van der Waals surface area contributed by atoms with E-state index in [2.05, 4.69) is 17.2 Å². The lowest BCUT2D eigenvalue weighted by molar-refractivity contribution is -0.149. The number of aromatic nitrogens is 2. The fraction of sp³-hybridized carbons (Fsp3) is 0.500. The molecule has 1 aliphatic rings. The number of fused-ring (bicyclic) bond motifs is 1. The van der Waals surface area contributed by atoms with Crippen molar-refractivity contribution in [2.24, 2.45) is 5.92 Å². The van der Waals surface area contributed by atoms with Crippen molar-refractivity contribution in [3.8, 4) is 0 Å². The van der Waals surface area contributed by atoms with Crippen molar-refractivity contribution in [1.82, 2.24) is 14.7 Å². The molecule has 1 atom stereocenters. The van der Waals surface area contributed by atoms with Crippen LogP contribution in [-0.4, -0.2) is 28.0 Å². The van der Waals surface area contributed by atoms with Crippen LogP contribution in [0, 0.1) is 12.8 Å². The van der Waals surface area contributed by atoms with Crippen LogP contribution >= 0.6 is 0 Å². The summed E-state index contributed by atoms with van der Waals surface area (Å²) in [5.74, 6) is 0.175. The number of ether oxygens (including phenoxy) is 1. The summed E-state index contributed by atoms with van der Waals surface area (Å²) in [6.07, 6.45) is 6.19. The molecule has 0 amide bonds. The number of esters is 1. The van der Waals surface area contributed by atoms with Gasteiger partial charge < -0.3 is 9.14 Å². The van der Waals surface area contributed by atoms with Crippen LogP contribution in [0.2, 0.25) is 0 Å². The second-order valence-electron chi connectivity index (χ2n) is 6.03. The molecule has 0 aromatic carbocycles. The average Bonchev–Trinajstić information content (AvgIpc) is 3.25. The Morgan fingerprint density at radius 2 is 2.24 bits per heavy atom. The Hall–Kier alpha value is -1.88. The Kier molecular flexibility index (Phi) is 3.45. The number of rotatable bonds is 5. The van der Waals surface area contributed by atoms with E-state index in [1.807, 2.05) is 35.9 Å². The Morgan fingerprint density at radius 1 is 1.48 bits per heavy atom. The number of pyridine rings is 1. The molecule has 2 aromatic heterocycles. The topological polar surface area (TPSA) is 55.6 Å². The SMILES string of the molecule is COC(=O)[C@](C)(NCc1cn2cc(C)ccc2n1)C1CC1. The van der Waals surface area contributed by atoms with E-state index in [1.165, 1.54) is 12.7 Å². The molecule has 112 valence electrons. The van der Waals surface area contributed by atoms with Gasteiger partial charge in [-0.15, -0.1) is 0 Å². The van der Waals surface area contributed by atoms with E-state index in [0.717, 1.165) is 24.2 Å². The first-order valence-corrected chi connectivity index (χ1v) is 7.30. The number of imidazole rings is 1. The van der Waals surface area contributed by atoms with Gasteiger partial charge in [0.05, 0.1) is 12.8 Å². The number of nitrogens with zero attached hydrogens (tertiary/aromatic N) is 2. The van der Waals surface area contributed by atoms with Crippen molar-refractivity contribution >= 4 is 11.6 Å². The van der Waals surface area contributed by atoms with Gasteiger partial charge >= 0.3 is 5.97 Å². The standard InChI is InChI=1S/C16H21N3O2/c1-11-4-7-14-18-13(10-19(14)9-11)8-17-16(2,12-5-6-12)15(20)21-3/h4,7,9-10,12,17H,5-6,8H2,1-3H3/t16-/m1/s1.